The number of aliphatic hydroxyl groups excluding tert-OH is 1. The van der Waals surface area contributed by atoms with E-state index in [0.29, 0.717) is 0 Å². The Bertz CT molecular complexity index is 409. The number of unbranched alkanes of at least 4 members (excludes halogenated alkanes) is 10. The molecular weight excluding hydrogens is 324 g/mol. The molecule has 0 atom stereocenters. The first-order valence-electron chi connectivity index (χ1n) is 10.8. The predicted molar refractivity (Wildman–Crippen MR) is 110 cm³/mol. The lowest BCUT2D eigenvalue weighted by atomic mass is 10.1. The van der Waals surface area contributed by atoms with Crippen LogP contribution in [-0.4, -0.2) is 18.3 Å². The fourth-order valence-corrected chi connectivity index (χ4v) is 3.03. The second kappa shape index (κ2) is 16.0. The third kappa shape index (κ3) is 11.4. The van der Waals surface area contributed by atoms with Gasteiger partial charge in [-0.1, -0.05) is 78.1 Å². The third-order valence-corrected chi connectivity index (χ3v) is 4.66. The lowest BCUT2D eigenvalue weighted by Gasteiger charge is -2.12. The van der Waals surface area contributed by atoms with Crippen molar-refractivity contribution in [3.05, 3.63) is 23.8 Å². The Morgan fingerprint density at radius 2 is 1.04 bits per heavy atom. The molecule has 0 amide bonds. The highest BCUT2D eigenvalue weighted by atomic mass is 16.5. The molecule has 0 saturated carbocycles. The molecule has 150 valence electrons. The minimum absolute atomic E-state index is 0.0155. The molecule has 0 fully saturated rings. The molecule has 0 heterocycles. The summed E-state index contributed by atoms with van der Waals surface area (Å²) in [4.78, 5) is 0. The zero-order chi connectivity index (χ0) is 18.9. The Morgan fingerprint density at radius 1 is 0.615 bits per heavy atom. The fourth-order valence-electron chi connectivity index (χ4n) is 3.03. The van der Waals surface area contributed by atoms with Crippen molar-refractivity contribution in [1.82, 2.24) is 0 Å². The molecule has 26 heavy (non-hydrogen) atoms. The minimum atomic E-state index is 0.0155. The molecule has 1 aromatic rings. The molecule has 0 unspecified atom stereocenters. The standard InChI is InChI=1S/C23H40O3/c1-3-5-7-9-11-13-15-25-22-17-21(20-24)18-23(19-22)26-16-14-12-10-8-6-4-2/h17-19,24H,3-16,20H2,1-2H3. The number of ether oxygens (including phenoxy) is 2. The van der Waals surface area contributed by atoms with Gasteiger partial charge in [0.05, 0.1) is 19.8 Å². The maximum atomic E-state index is 9.46. The number of aliphatic hydroxyl groups is 1. The summed E-state index contributed by atoms with van der Waals surface area (Å²) < 4.78 is 11.8. The first kappa shape index (κ1) is 22.8. The van der Waals surface area contributed by atoms with Crippen LogP contribution in [0, 0.1) is 0 Å². The van der Waals surface area contributed by atoms with E-state index >= 15 is 0 Å². The second-order valence-electron chi connectivity index (χ2n) is 7.20. The van der Waals surface area contributed by atoms with Crippen LogP contribution < -0.4 is 9.47 Å². The van der Waals surface area contributed by atoms with Crippen LogP contribution in [0.15, 0.2) is 18.2 Å². The summed E-state index contributed by atoms with van der Waals surface area (Å²) in [6.45, 7) is 5.96. The van der Waals surface area contributed by atoms with Crippen molar-refractivity contribution in [2.45, 2.75) is 97.5 Å². The molecule has 0 radical (unpaired) electrons. The van der Waals surface area contributed by atoms with Crippen molar-refractivity contribution in [3.8, 4) is 11.5 Å². The van der Waals surface area contributed by atoms with Gasteiger partial charge in [-0.25, -0.2) is 0 Å². The fraction of sp³-hybridized carbons (Fsp3) is 0.739. The van der Waals surface area contributed by atoms with Crippen LogP contribution in [0.2, 0.25) is 0 Å². The molecule has 0 aromatic heterocycles. The maximum absolute atomic E-state index is 9.46. The van der Waals surface area contributed by atoms with Crippen LogP contribution in [0.1, 0.15) is 96.5 Å². The van der Waals surface area contributed by atoms with Crippen LogP contribution in [0.5, 0.6) is 11.5 Å². The van der Waals surface area contributed by atoms with E-state index in [9.17, 15) is 5.11 Å². The zero-order valence-corrected chi connectivity index (χ0v) is 17.1. The van der Waals surface area contributed by atoms with Gasteiger partial charge in [0.15, 0.2) is 0 Å². The molecule has 0 aliphatic carbocycles. The van der Waals surface area contributed by atoms with E-state index in [1.54, 1.807) is 0 Å². The summed E-state index contributed by atoms with van der Waals surface area (Å²) in [5.74, 6) is 1.62. The van der Waals surface area contributed by atoms with Crippen molar-refractivity contribution in [2.24, 2.45) is 0 Å². The van der Waals surface area contributed by atoms with Gasteiger partial charge in [-0.3, -0.25) is 0 Å². The van der Waals surface area contributed by atoms with Crippen LogP contribution in [0.3, 0.4) is 0 Å². The molecular formula is C23H40O3. The van der Waals surface area contributed by atoms with Crippen molar-refractivity contribution in [1.29, 1.82) is 0 Å². The van der Waals surface area contributed by atoms with Gasteiger partial charge < -0.3 is 14.6 Å². The lowest BCUT2D eigenvalue weighted by molar-refractivity contribution is 0.271. The van der Waals surface area contributed by atoms with Gasteiger partial charge >= 0.3 is 0 Å². The highest BCUT2D eigenvalue weighted by Gasteiger charge is 2.03. The van der Waals surface area contributed by atoms with Crippen LogP contribution in [-0.2, 0) is 6.61 Å². The van der Waals surface area contributed by atoms with Crippen LogP contribution >= 0.6 is 0 Å². The summed E-state index contributed by atoms with van der Waals surface area (Å²) in [7, 11) is 0. The summed E-state index contributed by atoms with van der Waals surface area (Å²) >= 11 is 0. The number of benzene rings is 1. The Balaban J connectivity index is 2.28. The van der Waals surface area contributed by atoms with E-state index in [2.05, 4.69) is 13.8 Å². The molecule has 1 N–H and O–H groups in total. The van der Waals surface area contributed by atoms with E-state index in [1.165, 1.54) is 64.2 Å². The largest absolute Gasteiger partial charge is 0.493 e. The highest BCUT2D eigenvalue weighted by molar-refractivity contribution is 5.38. The monoisotopic (exact) mass is 364 g/mol. The molecule has 0 aliphatic heterocycles. The first-order valence-corrected chi connectivity index (χ1v) is 10.8. The van der Waals surface area contributed by atoms with Crippen molar-refractivity contribution < 1.29 is 14.6 Å². The van der Waals surface area contributed by atoms with E-state index < -0.39 is 0 Å². The quantitative estimate of drug-likeness (QED) is 0.314. The van der Waals surface area contributed by atoms with Gasteiger partial charge in [0, 0.05) is 6.07 Å². The van der Waals surface area contributed by atoms with E-state index in [-0.39, 0.29) is 6.61 Å². The SMILES string of the molecule is CCCCCCCCOc1cc(CO)cc(OCCCCCCCC)c1. The zero-order valence-electron chi connectivity index (χ0n) is 17.1. The van der Waals surface area contributed by atoms with Gasteiger partial charge in [0.2, 0.25) is 0 Å². The Morgan fingerprint density at radius 3 is 1.46 bits per heavy atom. The smallest absolute Gasteiger partial charge is 0.123 e. The molecule has 1 rings (SSSR count). The van der Waals surface area contributed by atoms with Gasteiger partial charge in [-0.2, -0.15) is 0 Å². The molecule has 0 saturated heterocycles. The van der Waals surface area contributed by atoms with E-state index in [4.69, 9.17) is 9.47 Å². The predicted octanol–water partition coefficient (Wildman–Crippen LogP) is 6.66. The average molecular weight is 365 g/mol. The van der Waals surface area contributed by atoms with Crippen LogP contribution in [0.25, 0.3) is 0 Å². The van der Waals surface area contributed by atoms with Gasteiger partial charge in [0.1, 0.15) is 11.5 Å². The molecule has 3 nitrogen and oxygen atoms in total. The van der Waals surface area contributed by atoms with Gasteiger partial charge in [-0.05, 0) is 30.5 Å². The second-order valence-corrected chi connectivity index (χ2v) is 7.20. The maximum Gasteiger partial charge on any atom is 0.123 e. The lowest BCUT2D eigenvalue weighted by Crippen LogP contribution is -2.01. The first-order chi connectivity index (χ1) is 12.8. The highest BCUT2D eigenvalue weighted by Crippen LogP contribution is 2.24. The normalized spacial score (nSPS) is 10.9. The number of rotatable bonds is 17. The Hall–Kier alpha value is -1.22. The van der Waals surface area contributed by atoms with E-state index in [0.717, 1.165) is 43.1 Å². The summed E-state index contributed by atoms with van der Waals surface area (Å²) in [5, 5.41) is 9.46. The molecule has 3 heteroatoms. The molecule has 0 aliphatic rings. The topological polar surface area (TPSA) is 38.7 Å². The molecule has 1 aromatic carbocycles. The Kier molecular flexibility index (Phi) is 14.0. The van der Waals surface area contributed by atoms with Crippen molar-refractivity contribution >= 4 is 0 Å². The van der Waals surface area contributed by atoms with Crippen molar-refractivity contribution in [2.75, 3.05) is 13.2 Å². The third-order valence-electron chi connectivity index (χ3n) is 4.66. The average Bonchev–Trinajstić information content (AvgIpc) is 2.66. The molecule has 0 bridgehead atoms. The van der Waals surface area contributed by atoms with Crippen molar-refractivity contribution in [3.63, 3.8) is 0 Å². The number of hydrogen-bond acceptors (Lipinski definition) is 3. The van der Waals surface area contributed by atoms with Crippen LogP contribution in [0.4, 0.5) is 0 Å². The van der Waals surface area contributed by atoms with Gasteiger partial charge in [0.25, 0.3) is 0 Å². The minimum Gasteiger partial charge on any atom is -0.493 e. The number of hydrogen-bond donors (Lipinski definition) is 1. The summed E-state index contributed by atoms with van der Waals surface area (Å²) in [6.07, 6.45) is 15.1. The van der Waals surface area contributed by atoms with Gasteiger partial charge in [-0.15, -0.1) is 0 Å². The Labute approximate surface area is 161 Å². The molecule has 0 spiro atoms. The summed E-state index contributed by atoms with van der Waals surface area (Å²) in [5.41, 5.74) is 0.850. The summed E-state index contributed by atoms with van der Waals surface area (Å²) in [6, 6.07) is 5.77. The van der Waals surface area contributed by atoms with E-state index in [1.807, 2.05) is 18.2 Å².